The Bertz CT molecular complexity index is 214. The third-order valence-electron chi connectivity index (χ3n) is 2.78. The highest BCUT2D eigenvalue weighted by Gasteiger charge is 2.42. The van der Waals surface area contributed by atoms with E-state index >= 15 is 0 Å². The van der Waals surface area contributed by atoms with E-state index in [2.05, 4.69) is 51.3 Å². The third-order valence-corrected chi connectivity index (χ3v) is 2.78. The maximum absolute atomic E-state index is 2.40. The first kappa shape index (κ1) is 9.56. The van der Waals surface area contributed by atoms with Crippen LogP contribution in [0.3, 0.4) is 0 Å². The summed E-state index contributed by atoms with van der Waals surface area (Å²) in [5.74, 6) is 2.08. The summed E-state index contributed by atoms with van der Waals surface area (Å²) in [6.45, 7) is 10.2. The quantitative estimate of drug-likeness (QED) is 0.538. The molecule has 0 amide bonds. The Morgan fingerprint density at radius 1 is 1.42 bits per heavy atom. The van der Waals surface area contributed by atoms with E-state index < -0.39 is 0 Å². The molecular weight excluding hydrogens is 148 g/mol. The fraction of sp³-hybridized carbons (Fsp3) is 0.900. The predicted molar refractivity (Wildman–Crippen MR) is 52.7 cm³/mol. The molecule has 0 bridgehead atoms. The van der Waals surface area contributed by atoms with Gasteiger partial charge in [0.25, 0.3) is 0 Å². The van der Waals surface area contributed by atoms with Crippen LogP contribution in [0, 0.1) is 5.92 Å². The molecule has 0 N–H and O–H groups in total. The van der Waals surface area contributed by atoms with Gasteiger partial charge in [0.15, 0.2) is 0 Å². The average molecular weight is 169 g/mol. The van der Waals surface area contributed by atoms with Gasteiger partial charge < -0.3 is 0 Å². The molecule has 1 rings (SSSR count). The van der Waals surface area contributed by atoms with Gasteiger partial charge in [-0.1, -0.05) is 13.8 Å². The van der Waals surface area contributed by atoms with Gasteiger partial charge in [-0.05, 0) is 13.8 Å². The summed E-state index contributed by atoms with van der Waals surface area (Å²) in [5, 5.41) is 0. The summed E-state index contributed by atoms with van der Waals surface area (Å²) in [7, 11) is 4.37. The van der Waals surface area contributed by atoms with Crippen LogP contribution in [0.25, 0.3) is 0 Å². The molecule has 1 aliphatic heterocycles. The Labute approximate surface area is 75.9 Å². The molecule has 0 unspecified atom stereocenters. The van der Waals surface area contributed by atoms with Crippen LogP contribution in [0.2, 0.25) is 0 Å². The molecule has 0 saturated heterocycles. The maximum Gasteiger partial charge on any atom is 0.249 e. The van der Waals surface area contributed by atoms with E-state index in [0.717, 1.165) is 6.54 Å². The van der Waals surface area contributed by atoms with Crippen molar-refractivity contribution in [3.05, 3.63) is 0 Å². The van der Waals surface area contributed by atoms with Crippen molar-refractivity contribution >= 4 is 5.84 Å². The number of amidine groups is 1. The zero-order valence-corrected chi connectivity index (χ0v) is 9.18. The van der Waals surface area contributed by atoms with Crippen LogP contribution in [0.15, 0.2) is 0 Å². The summed E-state index contributed by atoms with van der Waals surface area (Å²) in [5.41, 5.74) is 0.300. The lowest BCUT2D eigenvalue weighted by atomic mass is 10.0. The van der Waals surface area contributed by atoms with Crippen LogP contribution >= 0.6 is 0 Å². The number of rotatable bonds is 1. The first-order chi connectivity index (χ1) is 5.36. The number of hydrogen-bond acceptors (Lipinski definition) is 1. The van der Waals surface area contributed by atoms with E-state index in [0.29, 0.717) is 11.5 Å². The topological polar surface area (TPSA) is 6.25 Å². The molecule has 0 aromatic carbocycles. The zero-order valence-electron chi connectivity index (χ0n) is 9.18. The van der Waals surface area contributed by atoms with Crippen molar-refractivity contribution in [1.82, 2.24) is 4.90 Å². The Morgan fingerprint density at radius 3 is 2.08 bits per heavy atom. The highest BCUT2D eigenvalue weighted by molar-refractivity contribution is 5.81. The van der Waals surface area contributed by atoms with Gasteiger partial charge in [-0.25, -0.2) is 0 Å². The molecule has 2 heteroatoms. The van der Waals surface area contributed by atoms with Crippen molar-refractivity contribution in [3.63, 3.8) is 0 Å². The minimum atomic E-state index is 0.300. The van der Waals surface area contributed by atoms with Crippen molar-refractivity contribution in [2.75, 3.05) is 20.6 Å². The highest BCUT2D eigenvalue weighted by atomic mass is 15.3. The van der Waals surface area contributed by atoms with Crippen LogP contribution in [-0.4, -0.2) is 41.5 Å². The minimum Gasteiger partial charge on any atom is -0.264 e. The van der Waals surface area contributed by atoms with E-state index in [4.69, 9.17) is 0 Å². The number of likely N-dealkylation sites (N-methyl/N-ethyl adjacent to an activating group) is 2. The molecule has 0 fully saturated rings. The highest BCUT2D eigenvalue weighted by Crippen LogP contribution is 2.21. The first-order valence-electron chi connectivity index (χ1n) is 4.68. The predicted octanol–water partition coefficient (Wildman–Crippen LogP) is 1.41. The van der Waals surface area contributed by atoms with Gasteiger partial charge in [-0.15, -0.1) is 0 Å². The SMILES string of the molecule is CC(C)C1=[N+](C)CC(C)(C)N1C. The van der Waals surface area contributed by atoms with Crippen LogP contribution in [-0.2, 0) is 0 Å². The fourth-order valence-electron chi connectivity index (χ4n) is 2.16. The molecule has 0 aromatic heterocycles. The molecule has 1 aliphatic rings. The lowest BCUT2D eigenvalue weighted by Crippen LogP contribution is -2.42. The minimum absolute atomic E-state index is 0.300. The maximum atomic E-state index is 2.40. The number of nitrogens with zero attached hydrogens (tertiary/aromatic N) is 2. The molecule has 0 spiro atoms. The lowest BCUT2D eigenvalue weighted by molar-refractivity contribution is -0.496. The van der Waals surface area contributed by atoms with E-state index in [9.17, 15) is 0 Å². The van der Waals surface area contributed by atoms with Gasteiger partial charge in [-0.2, -0.15) is 0 Å². The summed E-state index contributed by atoms with van der Waals surface area (Å²) >= 11 is 0. The summed E-state index contributed by atoms with van der Waals surface area (Å²) in [6.07, 6.45) is 0. The molecule has 0 saturated carbocycles. The molecule has 12 heavy (non-hydrogen) atoms. The Kier molecular flexibility index (Phi) is 2.19. The van der Waals surface area contributed by atoms with Gasteiger partial charge >= 0.3 is 0 Å². The largest absolute Gasteiger partial charge is 0.264 e. The summed E-state index contributed by atoms with van der Waals surface area (Å²) < 4.78 is 2.37. The smallest absolute Gasteiger partial charge is 0.249 e. The molecule has 0 aromatic rings. The van der Waals surface area contributed by atoms with Crippen molar-refractivity contribution in [1.29, 1.82) is 0 Å². The van der Waals surface area contributed by atoms with Crippen LogP contribution in [0.4, 0.5) is 0 Å². The van der Waals surface area contributed by atoms with Crippen LogP contribution < -0.4 is 0 Å². The van der Waals surface area contributed by atoms with E-state index in [1.54, 1.807) is 0 Å². The van der Waals surface area contributed by atoms with Gasteiger partial charge in [-0.3, -0.25) is 9.48 Å². The molecule has 0 aliphatic carbocycles. The van der Waals surface area contributed by atoms with Crippen molar-refractivity contribution in [3.8, 4) is 0 Å². The second kappa shape index (κ2) is 2.75. The second-order valence-corrected chi connectivity index (χ2v) is 4.74. The van der Waals surface area contributed by atoms with E-state index in [-0.39, 0.29) is 0 Å². The molecular formula is C10H21N2+. The van der Waals surface area contributed by atoms with Crippen LogP contribution in [0.5, 0.6) is 0 Å². The number of hydrogen-bond donors (Lipinski definition) is 0. The lowest BCUT2D eigenvalue weighted by Gasteiger charge is -2.23. The van der Waals surface area contributed by atoms with E-state index in [1.807, 2.05) is 0 Å². The third kappa shape index (κ3) is 1.35. The fourth-order valence-corrected chi connectivity index (χ4v) is 2.16. The Hall–Kier alpha value is -0.530. The second-order valence-electron chi connectivity index (χ2n) is 4.74. The van der Waals surface area contributed by atoms with Crippen molar-refractivity contribution < 1.29 is 4.58 Å². The van der Waals surface area contributed by atoms with Gasteiger partial charge in [0.1, 0.15) is 12.1 Å². The molecule has 1 heterocycles. The van der Waals surface area contributed by atoms with Crippen molar-refractivity contribution in [2.24, 2.45) is 5.92 Å². The van der Waals surface area contributed by atoms with Crippen molar-refractivity contribution in [2.45, 2.75) is 33.2 Å². The standard InChI is InChI=1S/C10H21N2/c1-8(2)9-11(5)7-10(3,4)12(9)6/h8H,7H2,1-6H3/q+1. The Morgan fingerprint density at radius 2 is 1.92 bits per heavy atom. The molecule has 0 atom stereocenters. The molecule has 0 radical (unpaired) electrons. The molecule has 2 nitrogen and oxygen atoms in total. The Balaban J connectivity index is 2.94. The first-order valence-corrected chi connectivity index (χ1v) is 4.68. The average Bonchev–Trinajstić information content (AvgIpc) is 2.02. The van der Waals surface area contributed by atoms with Gasteiger partial charge in [0.05, 0.1) is 20.0 Å². The van der Waals surface area contributed by atoms with Crippen LogP contribution in [0.1, 0.15) is 27.7 Å². The van der Waals surface area contributed by atoms with Gasteiger partial charge in [0.2, 0.25) is 5.84 Å². The van der Waals surface area contributed by atoms with Gasteiger partial charge in [0, 0.05) is 0 Å². The monoisotopic (exact) mass is 169 g/mol. The summed E-state index contributed by atoms with van der Waals surface area (Å²) in [6, 6.07) is 0. The zero-order chi connectivity index (χ0) is 9.52. The summed E-state index contributed by atoms with van der Waals surface area (Å²) in [4.78, 5) is 2.40. The van der Waals surface area contributed by atoms with E-state index in [1.165, 1.54) is 5.84 Å². The normalized spacial score (nSPS) is 22.8. The molecule has 70 valence electrons.